The van der Waals surface area contributed by atoms with Crippen molar-refractivity contribution in [3.63, 3.8) is 0 Å². The first kappa shape index (κ1) is 16.5. The Balaban J connectivity index is 1.82. The summed E-state index contributed by atoms with van der Waals surface area (Å²) < 4.78 is 0. The molecular weight excluding hydrogens is 345 g/mol. The van der Waals surface area contributed by atoms with Crippen LogP contribution in [0.4, 0.5) is 23.1 Å². The van der Waals surface area contributed by atoms with Gasteiger partial charge in [0.1, 0.15) is 0 Å². The van der Waals surface area contributed by atoms with Crippen LogP contribution >= 0.6 is 23.2 Å². The van der Waals surface area contributed by atoms with Crippen LogP contribution in [0, 0.1) is 13.8 Å². The second-order valence-electron chi connectivity index (χ2n) is 5.42. The van der Waals surface area contributed by atoms with Crippen molar-refractivity contribution in [3.8, 4) is 0 Å². The Hall–Kier alpha value is -2.37. The van der Waals surface area contributed by atoms with E-state index in [1.807, 2.05) is 26.0 Å². The third kappa shape index (κ3) is 4.13. The van der Waals surface area contributed by atoms with E-state index < -0.39 is 0 Å². The molecule has 0 saturated heterocycles. The molecule has 122 valence electrons. The first-order chi connectivity index (χ1) is 11.5. The van der Waals surface area contributed by atoms with Crippen molar-refractivity contribution in [2.24, 2.45) is 0 Å². The monoisotopic (exact) mass is 359 g/mol. The van der Waals surface area contributed by atoms with Gasteiger partial charge in [0, 0.05) is 10.7 Å². The molecule has 0 spiro atoms. The molecule has 0 saturated carbocycles. The Kier molecular flexibility index (Phi) is 4.83. The Morgan fingerprint density at radius 3 is 2.42 bits per heavy atom. The topological polar surface area (TPSA) is 62.7 Å². The maximum Gasteiger partial charge on any atom is 0.249 e. The van der Waals surface area contributed by atoms with Crippen LogP contribution in [-0.4, -0.2) is 15.2 Å². The summed E-state index contributed by atoms with van der Waals surface area (Å²) in [5.41, 5.74) is 3.88. The molecule has 7 heteroatoms. The quantitative estimate of drug-likeness (QED) is 0.663. The average Bonchev–Trinajstić information content (AvgIpc) is 2.50. The predicted octanol–water partition coefficient (Wildman–Crippen LogP) is 5.28. The molecule has 0 fully saturated rings. The van der Waals surface area contributed by atoms with Crippen molar-refractivity contribution < 1.29 is 0 Å². The van der Waals surface area contributed by atoms with Crippen molar-refractivity contribution in [1.29, 1.82) is 0 Å². The predicted molar refractivity (Wildman–Crippen MR) is 98.8 cm³/mol. The van der Waals surface area contributed by atoms with Crippen molar-refractivity contribution in [2.75, 3.05) is 10.6 Å². The lowest BCUT2D eigenvalue weighted by molar-refractivity contribution is 0.982. The van der Waals surface area contributed by atoms with Gasteiger partial charge in [0.25, 0.3) is 0 Å². The van der Waals surface area contributed by atoms with Gasteiger partial charge in [0.05, 0.1) is 16.9 Å². The summed E-state index contributed by atoms with van der Waals surface area (Å²) in [4.78, 5) is 4.40. The highest BCUT2D eigenvalue weighted by Gasteiger charge is 2.06. The fourth-order valence-electron chi connectivity index (χ4n) is 2.32. The number of rotatable bonds is 4. The van der Waals surface area contributed by atoms with E-state index in [9.17, 15) is 0 Å². The number of halogens is 2. The molecule has 1 aromatic heterocycles. The summed E-state index contributed by atoms with van der Waals surface area (Å²) >= 11 is 12.1. The number of anilines is 4. The van der Waals surface area contributed by atoms with Gasteiger partial charge in [-0.1, -0.05) is 29.3 Å². The number of aryl methyl sites for hydroxylation is 2. The maximum atomic E-state index is 6.15. The molecule has 0 bridgehead atoms. The Labute approximate surface area is 150 Å². The van der Waals surface area contributed by atoms with Gasteiger partial charge in [0.15, 0.2) is 5.82 Å². The van der Waals surface area contributed by atoms with Crippen LogP contribution in [0.5, 0.6) is 0 Å². The van der Waals surface area contributed by atoms with Gasteiger partial charge < -0.3 is 10.6 Å². The first-order valence-corrected chi connectivity index (χ1v) is 8.02. The number of benzene rings is 2. The summed E-state index contributed by atoms with van der Waals surface area (Å²) in [5.74, 6) is 0.907. The third-order valence-corrected chi connectivity index (χ3v) is 3.79. The van der Waals surface area contributed by atoms with Gasteiger partial charge >= 0.3 is 0 Å². The van der Waals surface area contributed by atoms with Crippen molar-refractivity contribution in [3.05, 3.63) is 63.8 Å². The van der Waals surface area contributed by atoms with E-state index in [0.29, 0.717) is 27.5 Å². The number of nitrogens with one attached hydrogen (secondary N) is 2. The van der Waals surface area contributed by atoms with Crippen LogP contribution in [-0.2, 0) is 0 Å². The zero-order chi connectivity index (χ0) is 17.1. The van der Waals surface area contributed by atoms with Gasteiger partial charge in [0.2, 0.25) is 5.95 Å². The molecule has 5 nitrogen and oxygen atoms in total. The zero-order valence-corrected chi connectivity index (χ0v) is 14.7. The normalized spacial score (nSPS) is 10.5. The standard InChI is InChI=1S/C17H15Cl2N5/c1-10-5-11(2)7-13(6-10)21-17-23-16(9-20-24-17)22-15-8-12(18)3-4-14(15)19/h3-9H,1-2H3,(H2,21,22,23,24). The molecular formula is C17H15Cl2N5. The summed E-state index contributed by atoms with van der Waals surface area (Å²) in [6, 6.07) is 11.3. The van der Waals surface area contributed by atoms with Gasteiger partial charge in [-0.2, -0.15) is 10.1 Å². The van der Waals surface area contributed by atoms with Crippen molar-refractivity contribution >= 4 is 46.3 Å². The van der Waals surface area contributed by atoms with E-state index in [2.05, 4.69) is 31.9 Å². The SMILES string of the molecule is Cc1cc(C)cc(Nc2nncc(Nc3cc(Cl)ccc3Cl)n2)c1. The molecule has 0 atom stereocenters. The molecule has 3 rings (SSSR count). The minimum Gasteiger partial charge on any atom is -0.338 e. The lowest BCUT2D eigenvalue weighted by Gasteiger charge is -2.10. The number of hydrogen-bond donors (Lipinski definition) is 2. The van der Waals surface area contributed by atoms with Gasteiger partial charge in [-0.05, 0) is 55.3 Å². The smallest absolute Gasteiger partial charge is 0.249 e. The minimum atomic E-state index is 0.392. The van der Waals surface area contributed by atoms with Crippen molar-refractivity contribution in [1.82, 2.24) is 15.2 Å². The zero-order valence-electron chi connectivity index (χ0n) is 13.1. The highest BCUT2D eigenvalue weighted by molar-refractivity contribution is 6.35. The molecule has 1 heterocycles. The summed E-state index contributed by atoms with van der Waals surface area (Å²) in [6.07, 6.45) is 1.52. The maximum absolute atomic E-state index is 6.15. The minimum absolute atomic E-state index is 0.392. The lowest BCUT2D eigenvalue weighted by atomic mass is 10.1. The molecule has 2 aromatic carbocycles. The number of nitrogens with zero attached hydrogens (tertiary/aromatic N) is 3. The Morgan fingerprint density at radius 1 is 0.917 bits per heavy atom. The van der Waals surface area contributed by atoms with Gasteiger partial charge in [-0.25, -0.2) is 0 Å². The molecule has 0 aliphatic carbocycles. The van der Waals surface area contributed by atoms with Crippen LogP contribution in [0.1, 0.15) is 11.1 Å². The molecule has 0 aliphatic heterocycles. The lowest BCUT2D eigenvalue weighted by Crippen LogP contribution is -2.03. The van der Waals surface area contributed by atoms with Crippen LogP contribution in [0.15, 0.2) is 42.6 Å². The molecule has 2 N–H and O–H groups in total. The van der Waals surface area contributed by atoms with E-state index in [1.165, 1.54) is 6.20 Å². The Bertz CT molecular complexity index is 862. The first-order valence-electron chi connectivity index (χ1n) is 7.27. The van der Waals surface area contributed by atoms with E-state index in [1.54, 1.807) is 18.2 Å². The molecule has 0 unspecified atom stereocenters. The molecule has 0 radical (unpaired) electrons. The molecule has 0 aliphatic rings. The largest absolute Gasteiger partial charge is 0.338 e. The fourth-order valence-corrected chi connectivity index (χ4v) is 2.66. The number of hydrogen-bond acceptors (Lipinski definition) is 5. The van der Waals surface area contributed by atoms with Gasteiger partial charge in [-0.15, -0.1) is 5.10 Å². The number of aromatic nitrogens is 3. The highest BCUT2D eigenvalue weighted by atomic mass is 35.5. The second-order valence-corrected chi connectivity index (χ2v) is 6.26. The molecule has 0 amide bonds. The Morgan fingerprint density at radius 2 is 1.67 bits per heavy atom. The van der Waals surface area contributed by atoms with E-state index in [0.717, 1.165) is 16.8 Å². The van der Waals surface area contributed by atoms with E-state index in [-0.39, 0.29) is 0 Å². The van der Waals surface area contributed by atoms with Crippen LogP contribution in [0.2, 0.25) is 10.0 Å². The third-order valence-electron chi connectivity index (χ3n) is 3.23. The summed E-state index contributed by atoms with van der Waals surface area (Å²) in [5, 5.41) is 15.3. The van der Waals surface area contributed by atoms with Crippen LogP contribution < -0.4 is 10.6 Å². The van der Waals surface area contributed by atoms with E-state index >= 15 is 0 Å². The van der Waals surface area contributed by atoms with Crippen molar-refractivity contribution in [2.45, 2.75) is 13.8 Å². The summed E-state index contributed by atoms with van der Waals surface area (Å²) in [6.45, 7) is 4.08. The second kappa shape index (κ2) is 7.03. The van der Waals surface area contributed by atoms with Crippen LogP contribution in [0.25, 0.3) is 0 Å². The average molecular weight is 360 g/mol. The van der Waals surface area contributed by atoms with Gasteiger partial charge in [-0.3, -0.25) is 0 Å². The summed E-state index contributed by atoms with van der Waals surface area (Å²) in [7, 11) is 0. The molecule has 3 aromatic rings. The van der Waals surface area contributed by atoms with E-state index in [4.69, 9.17) is 23.2 Å². The highest BCUT2D eigenvalue weighted by Crippen LogP contribution is 2.28. The van der Waals surface area contributed by atoms with Crippen LogP contribution in [0.3, 0.4) is 0 Å². The molecule has 24 heavy (non-hydrogen) atoms. The fraction of sp³-hybridized carbons (Fsp3) is 0.118.